The predicted molar refractivity (Wildman–Crippen MR) is 73.6 cm³/mol. The second-order valence-corrected chi connectivity index (χ2v) is 4.66. The molecule has 0 aromatic heterocycles. The van der Waals surface area contributed by atoms with Crippen LogP contribution in [0.15, 0.2) is 36.4 Å². The van der Waals surface area contributed by atoms with Crippen molar-refractivity contribution in [2.24, 2.45) is 0 Å². The van der Waals surface area contributed by atoms with Crippen molar-refractivity contribution in [3.8, 4) is 0 Å². The first kappa shape index (κ1) is 15.0. The third kappa shape index (κ3) is 4.58. The van der Waals surface area contributed by atoms with Crippen LogP contribution in [0.2, 0.25) is 0 Å². The maximum Gasteiger partial charge on any atom is 0.328 e. The molecule has 0 unspecified atom stereocenters. The highest BCUT2D eigenvalue weighted by Crippen LogP contribution is 2.13. The van der Waals surface area contributed by atoms with Crippen LogP contribution < -0.4 is 0 Å². The van der Waals surface area contributed by atoms with Crippen molar-refractivity contribution in [3.05, 3.63) is 47.5 Å². The molecule has 0 aliphatic carbocycles. The number of hydrogen-bond donors (Lipinski definition) is 1. The van der Waals surface area contributed by atoms with Gasteiger partial charge in [-0.2, -0.15) is 0 Å². The number of carboxylic acids is 1. The Morgan fingerprint density at radius 3 is 2.42 bits per heavy atom. The molecule has 0 saturated carbocycles. The van der Waals surface area contributed by atoms with Gasteiger partial charge in [0.1, 0.15) is 0 Å². The van der Waals surface area contributed by atoms with Crippen LogP contribution in [-0.2, 0) is 16.1 Å². The van der Waals surface area contributed by atoms with Crippen molar-refractivity contribution in [1.29, 1.82) is 0 Å². The van der Waals surface area contributed by atoms with E-state index in [4.69, 9.17) is 5.11 Å². The quantitative estimate of drug-likeness (QED) is 0.828. The fourth-order valence-electron chi connectivity index (χ4n) is 1.72. The zero-order chi connectivity index (χ0) is 14.4. The van der Waals surface area contributed by atoms with Gasteiger partial charge in [-0.3, -0.25) is 4.79 Å². The van der Waals surface area contributed by atoms with Crippen LogP contribution in [0.3, 0.4) is 0 Å². The maximum absolute atomic E-state index is 12.0. The van der Waals surface area contributed by atoms with Crippen molar-refractivity contribution in [1.82, 2.24) is 4.90 Å². The Bertz CT molecular complexity index is 492. The number of aliphatic carboxylic acids is 1. The molecular weight excluding hydrogens is 242 g/mol. The van der Waals surface area contributed by atoms with E-state index in [0.29, 0.717) is 6.54 Å². The molecule has 1 rings (SSSR count). The third-order valence-corrected chi connectivity index (χ3v) is 2.88. The van der Waals surface area contributed by atoms with Gasteiger partial charge in [-0.25, -0.2) is 4.79 Å². The highest BCUT2D eigenvalue weighted by molar-refractivity contribution is 5.94. The summed E-state index contributed by atoms with van der Waals surface area (Å²) in [6, 6.07) is 7.85. The summed E-state index contributed by atoms with van der Waals surface area (Å²) in [4.78, 5) is 24.1. The summed E-state index contributed by atoms with van der Waals surface area (Å²) in [6.45, 7) is 6.29. The van der Waals surface area contributed by atoms with Crippen molar-refractivity contribution >= 4 is 11.9 Å². The molecule has 1 aromatic rings. The van der Waals surface area contributed by atoms with Crippen molar-refractivity contribution < 1.29 is 14.7 Å². The number of amides is 1. The summed E-state index contributed by atoms with van der Waals surface area (Å²) < 4.78 is 0. The summed E-state index contributed by atoms with van der Waals surface area (Å²) in [7, 11) is 0. The molecule has 0 aliphatic rings. The molecule has 4 nitrogen and oxygen atoms in total. The lowest BCUT2D eigenvalue weighted by Crippen LogP contribution is -2.35. The summed E-state index contributed by atoms with van der Waals surface area (Å²) in [6.07, 6.45) is 1.97. The van der Waals surface area contributed by atoms with Crippen LogP contribution in [-0.4, -0.2) is 27.9 Å². The van der Waals surface area contributed by atoms with Crippen LogP contribution in [0, 0.1) is 6.92 Å². The van der Waals surface area contributed by atoms with E-state index in [0.717, 1.165) is 23.3 Å². The number of carbonyl (C=O) groups excluding carboxylic acids is 1. The Kier molecular flexibility index (Phi) is 5.30. The predicted octanol–water partition coefficient (Wildman–Crippen LogP) is 2.37. The van der Waals surface area contributed by atoms with E-state index in [9.17, 15) is 9.59 Å². The first-order valence-electron chi connectivity index (χ1n) is 6.18. The summed E-state index contributed by atoms with van der Waals surface area (Å²) in [5.41, 5.74) is 2.18. The molecular formula is C15H19NO3. The number of hydrogen-bond acceptors (Lipinski definition) is 2. The molecule has 1 aromatic carbocycles. The monoisotopic (exact) mass is 261 g/mol. The zero-order valence-electron chi connectivity index (χ0n) is 11.5. The van der Waals surface area contributed by atoms with Crippen LogP contribution in [0.5, 0.6) is 0 Å². The normalized spacial score (nSPS) is 10.9. The fourth-order valence-corrected chi connectivity index (χ4v) is 1.72. The van der Waals surface area contributed by atoms with E-state index >= 15 is 0 Å². The maximum atomic E-state index is 12.0. The van der Waals surface area contributed by atoms with Gasteiger partial charge in [0.25, 0.3) is 0 Å². The number of rotatable bonds is 5. The fraction of sp³-hybridized carbons (Fsp3) is 0.333. The second-order valence-electron chi connectivity index (χ2n) is 4.66. The van der Waals surface area contributed by atoms with Gasteiger partial charge in [-0.05, 0) is 31.9 Å². The van der Waals surface area contributed by atoms with Gasteiger partial charge in [0.15, 0.2) is 0 Å². The van der Waals surface area contributed by atoms with Gasteiger partial charge in [-0.1, -0.05) is 24.3 Å². The van der Waals surface area contributed by atoms with Crippen molar-refractivity contribution in [3.63, 3.8) is 0 Å². The van der Waals surface area contributed by atoms with Crippen molar-refractivity contribution in [2.45, 2.75) is 33.4 Å². The third-order valence-electron chi connectivity index (χ3n) is 2.88. The molecule has 0 bridgehead atoms. The molecule has 102 valence electrons. The number of nitrogens with zero attached hydrogens (tertiary/aromatic N) is 1. The highest BCUT2D eigenvalue weighted by atomic mass is 16.4. The first-order valence-corrected chi connectivity index (χ1v) is 6.18. The molecule has 0 aliphatic heterocycles. The number of aryl methyl sites for hydroxylation is 1. The van der Waals surface area contributed by atoms with E-state index in [1.54, 1.807) is 4.90 Å². The largest absolute Gasteiger partial charge is 0.478 e. The molecule has 4 heteroatoms. The lowest BCUT2D eigenvalue weighted by Gasteiger charge is -2.26. The lowest BCUT2D eigenvalue weighted by atomic mass is 10.1. The molecule has 0 heterocycles. The smallest absolute Gasteiger partial charge is 0.328 e. The van der Waals surface area contributed by atoms with Crippen molar-refractivity contribution in [2.75, 3.05) is 0 Å². The van der Waals surface area contributed by atoms with Gasteiger partial charge in [0.05, 0.1) is 0 Å². The molecule has 1 N–H and O–H groups in total. The van der Waals surface area contributed by atoms with E-state index < -0.39 is 5.97 Å². The van der Waals surface area contributed by atoms with Gasteiger partial charge in [0, 0.05) is 24.7 Å². The molecule has 0 spiro atoms. The Morgan fingerprint density at radius 1 is 1.26 bits per heavy atom. The molecule has 1 amide bonds. The van der Waals surface area contributed by atoms with Crippen LogP contribution >= 0.6 is 0 Å². The zero-order valence-corrected chi connectivity index (χ0v) is 11.5. The summed E-state index contributed by atoms with van der Waals surface area (Å²) >= 11 is 0. The minimum atomic E-state index is -1.12. The van der Waals surface area contributed by atoms with Crippen LogP contribution in [0.1, 0.15) is 25.0 Å². The first-order chi connectivity index (χ1) is 8.91. The van der Waals surface area contributed by atoms with Gasteiger partial charge in [-0.15, -0.1) is 0 Å². The van der Waals surface area contributed by atoms with Gasteiger partial charge in [0.2, 0.25) is 5.91 Å². The van der Waals surface area contributed by atoms with Crippen LogP contribution in [0.25, 0.3) is 0 Å². The topological polar surface area (TPSA) is 57.6 Å². The van der Waals surface area contributed by atoms with E-state index in [2.05, 4.69) is 0 Å². The summed E-state index contributed by atoms with van der Waals surface area (Å²) in [5, 5.41) is 8.56. The number of carboxylic acid groups (broad SMARTS) is 1. The minimum Gasteiger partial charge on any atom is -0.478 e. The average molecular weight is 261 g/mol. The molecule has 19 heavy (non-hydrogen) atoms. The van der Waals surface area contributed by atoms with E-state index in [1.165, 1.54) is 0 Å². The molecule has 0 atom stereocenters. The summed E-state index contributed by atoms with van der Waals surface area (Å²) in [5.74, 6) is -1.41. The lowest BCUT2D eigenvalue weighted by molar-refractivity contribution is -0.132. The Balaban J connectivity index is 2.88. The molecule has 0 saturated heterocycles. The Hall–Kier alpha value is -2.10. The molecule has 0 fully saturated rings. The minimum absolute atomic E-state index is 0.00514. The van der Waals surface area contributed by atoms with E-state index in [-0.39, 0.29) is 11.9 Å². The highest BCUT2D eigenvalue weighted by Gasteiger charge is 2.15. The average Bonchev–Trinajstić information content (AvgIpc) is 2.34. The van der Waals surface area contributed by atoms with E-state index in [1.807, 2.05) is 45.0 Å². The Labute approximate surface area is 113 Å². The van der Waals surface area contributed by atoms with Gasteiger partial charge >= 0.3 is 5.97 Å². The number of carbonyl (C=O) groups is 2. The molecule has 0 radical (unpaired) electrons. The SMILES string of the molecule is Cc1ccccc1CN(C(=O)/C=C/C(=O)O)C(C)C. The standard InChI is InChI=1S/C15H19NO3/c1-11(2)16(14(17)8-9-15(18)19)10-13-7-5-4-6-12(13)3/h4-9,11H,10H2,1-3H3,(H,18,19)/b9-8+. The van der Waals surface area contributed by atoms with Gasteiger partial charge < -0.3 is 10.0 Å². The second kappa shape index (κ2) is 6.73. The number of benzene rings is 1. The van der Waals surface area contributed by atoms with Crippen LogP contribution in [0.4, 0.5) is 0 Å². The Morgan fingerprint density at radius 2 is 1.89 bits per heavy atom.